The van der Waals surface area contributed by atoms with Crippen LogP contribution in [0.4, 0.5) is 0 Å². The summed E-state index contributed by atoms with van der Waals surface area (Å²) in [6.07, 6.45) is 7.85. The second-order valence-corrected chi connectivity index (χ2v) is 8.58. The van der Waals surface area contributed by atoms with Crippen molar-refractivity contribution in [3.05, 3.63) is 24.2 Å². The number of guanidine groups is 1. The van der Waals surface area contributed by atoms with Gasteiger partial charge in [-0.15, -0.1) is 24.0 Å². The Morgan fingerprint density at radius 2 is 2.19 bits per heavy atom. The van der Waals surface area contributed by atoms with E-state index in [9.17, 15) is 5.11 Å². The van der Waals surface area contributed by atoms with Crippen molar-refractivity contribution in [3.63, 3.8) is 0 Å². The molecular weight excluding hydrogens is 455 g/mol. The number of likely N-dealkylation sites (N-methyl/N-ethyl adjacent to an activating group) is 1. The third-order valence-corrected chi connectivity index (χ3v) is 5.54. The minimum Gasteiger partial charge on any atom is -0.469 e. The van der Waals surface area contributed by atoms with Gasteiger partial charge in [0, 0.05) is 25.6 Å². The quantitative estimate of drug-likeness (QED) is 0.297. The smallest absolute Gasteiger partial charge is 0.191 e. The lowest BCUT2D eigenvalue weighted by Gasteiger charge is -2.28. The molecular formula is C20H35IN4O2. The highest BCUT2D eigenvalue weighted by atomic mass is 127. The Bertz CT molecular complexity index is 589. The van der Waals surface area contributed by atoms with Gasteiger partial charge in [-0.25, -0.2) is 0 Å². The van der Waals surface area contributed by atoms with Gasteiger partial charge in [-0.05, 0) is 64.3 Å². The van der Waals surface area contributed by atoms with Crippen LogP contribution in [0.1, 0.15) is 38.4 Å². The van der Waals surface area contributed by atoms with Crippen LogP contribution < -0.4 is 10.6 Å². The standard InChI is InChI=1S/C20H34N4O2.HI/c1-20(25,14-24(2)3)13-22-19(21-9-8-17-5-4-10-26-17)23-18-12-15-6-7-16(18)11-15;/h4-5,10,15-16,18,25H,6-9,11-14H2,1-3H3,(H2,21,22,23);1H. The molecule has 2 aliphatic rings. The summed E-state index contributed by atoms with van der Waals surface area (Å²) in [7, 11) is 3.93. The molecule has 2 saturated carbocycles. The van der Waals surface area contributed by atoms with Crippen molar-refractivity contribution in [2.24, 2.45) is 16.8 Å². The number of hydrogen-bond donors (Lipinski definition) is 3. The van der Waals surface area contributed by atoms with Crippen molar-refractivity contribution in [2.45, 2.75) is 50.7 Å². The molecule has 2 fully saturated rings. The van der Waals surface area contributed by atoms with E-state index < -0.39 is 5.60 Å². The first-order chi connectivity index (χ1) is 12.4. The minimum atomic E-state index is -0.839. The Hall–Kier alpha value is -0.800. The minimum absolute atomic E-state index is 0. The SMILES string of the molecule is CN(C)CC(C)(O)CN=C(NCCc1ccco1)NC1CC2CCC1C2.I. The van der Waals surface area contributed by atoms with Crippen LogP contribution in [0.25, 0.3) is 0 Å². The van der Waals surface area contributed by atoms with Gasteiger partial charge in [-0.1, -0.05) is 6.42 Å². The lowest BCUT2D eigenvalue weighted by molar-refractivity contribution is 0.0423. The number of fused-ring (bicyclic) bond motifs is 2. The average molecular weight is 490 g/mol. The summed E-state index contributed by atoms with van der Waals surface area (Å²) in [5.41, 5.74) is -0.839. The van der Waals surface area contributed by atoms with Crippen molar-refractivity contribution in [1.82, 2.24) is 15.5 Å². The normalized spacial score (nSPS) is 26.7. The largest absolute Gasteiger partial charge is 0.469 e. The van der Waals surface area contributed by atoms with E-state index in [4.69, 9.17) is 9.41 Å². The maximum absolute atomic E-state index is 10.6. The fourth-order valence-corrected chi connectivity index (χ4v) is 4.49. The second-order valence-electron chi connectivity index (χ2n) is 8.58. The summed E-state index contributed by atoms with van der Waals surface area (Å²) in [6, 6.07) is 4.42. The Labute approximate surface area is 180 Å². The van der Waals surface area contributed by atoms with E-state index in [0.717, 1.165) is 36.5 Å². The molecule has 4 unspecified atom stereocenters. The van der Waals surface area contributed by atoms with Crippen LogP contribution in [-0.4, -0.2) is 61.3 Å². The van der Waals surface area contributed by atoms with Gasteiger partial charge in [0.2, 0.25) is 0 Å². The molecule has 0 radical (unpaired) electrons. The van der Waals surface area contributed by atoms with Gasteiger partial charge >= 0.3 is 0 Å². The van der Waals surface area contributed by atoms with Gasteiger partial charge in [0.1, 0.15) is 5.76 Å². The summed E-state index contributed by atoms with van der Waals surface area (Å²) in [6.45, 7) is 3.57. The van der Waals surface area contributed by atoms with Crippen LogP contribution in [0.3, 0.4) is 0 Å². The monoisotopic (exact) mass is 490 g/mol. The van der Waals surface area contributed by atoms with Crippen LogP contribution in [0.15, 0.2) is 27.8 Å². The third kappa shape index (κ3) is 6.94. The van der Waals surface area contributed by atoms with Crippen molar-refractivity contribution in [3.8, 4) is 0 Å². The summed E-state index contributed by atoms with van der Waals surface area (Å²) < 4.78 is 5.40. The summed E-state index contributed by atoms with van der Waals surface area (Å²) in [5.74, 6) is 3.45. The van der Waals surface area contributed by atoms with E-state index in [1.54, 1.807) is 6.26 Å². The van der Waals surface area contributed by atoms with Crippen molar-refractivity contribution in [1.29, 1.82) is 0 Å². The zero-order valence-electron chi connectivity index (χ0n) is 16.8. The van der Waals surface area contributed by atoms with Gasteiger partial charge in [0.05, 0.1) is 18.4 Å². The molecule has 2 aliphatic carbocycles. The lowest BCUT2D eigenvalue weighted by Crippen LogP contribution is -2.47. The number of nitrogens with one attached hydrogen (secondary N) is 2. The van der Waals surface area contributed by atoms with Gasteiger partial charge in [0.25, 0.3) is 0 Å². The Morgan fingerprint density at radius 1 is 1.37 bits per heavy atom. The van der Waals surface area contributed by atoms with Gasteiger partial charge in [-0.2, -0.15) is 0 Å². The molecule has 154 valence electrons. The Morgan fingerprint density at radius 3 is 2.78 bits per heavy atom. The molecule has 0 aliphatic heterocycles. The molecule has 4 atom stereocenters. The highest BCUT2D eigenvalue weighted by Crippen LogP contribution is 2.44. The zero-order valence-corrected chi connectivity index (χ0v) is 19.1. The first-order valence-electron chi connectivity index (χ1n) is 9.85. The second kappa shape index (κ2) is 10.1. The van der Waals surface area contributed by atoms with Crippen molar-refractivity contribution < 1.29 is 9.52 Å². The number of furan rings is 1. The van der Waals surface area contributed by atoms with Gasteiger partial charge in [0.15, 0.2) is 5.96 Å². The molecule has 1 heterocycles. The highest BCUT2D eigenvalue weighted by molar-refractivity contribution is 14.0. The predicted molar refractivity (Wildman–Crippen MR) is 120 cm³/mol. The van der Waals surface area contributed by atoms with Gasteiger partial charge < -0.3 is 25.1 Å². The molecule has 0 aromatic carbocycles. The molecule has 27 heavy (non-hydrogen) atoms. The fraction of sp³-hybridized carbons (Fsp3) is 0.750. The number of nitrogens with zero attached hydrogens (tertiary/aromatic N) is 2. The Kier molecular flexibility index (Phi) is 8.42. The summed E-state index contributed by atoms with van der Waals surface area (Å²) >= 11 is 0. The molecule has 1 aromatic rings. The first-order valence-corrected chi connectivity index (χ1v) is 9.85. The van der Waals surface area contributed by atoms with E-state index in [-0.39, 0.29) is 24.0 Å². The highest BCUT2D eigenvalue weighted by Gasteiger charge is 2.39. The number of rotatable bonds is 8. The van der Waals surface area contributed by atoms with Crippen LogP contribution in [0.2, 0.25) is 0 Å². The topological polar surface area (TPSA) is 73.0 Å². The molecule has 3 N–H and O–H groups in total. The number of hydrogen-bond acceptors (Lipinski definition) is 4. The van der Waals surface area contributed by atoms with E-state index in [2.05, 4.69) is 10.6 Å². The predicted octanol–water partition coefficient (Wildman–Crippen LogP) is 2.48. The fourth-order valence-electron chi connectivity index (χ4n) is 4.49. The zero-order chi connectivity index (χ0) is 18.6. The number of aliphatic hydroxyl groups is 1. The number of halogens is 1. The van der Waals surface area contributed by atoms with Crippen molar-refractivity contribution >= 4 is 29.9 Å². The molecule has 0 saturated heterocycles. The lowest BCUT2D eigenvalue weighted by atomic mass is 9.95. The maximum atomic E-state index is 10.6. The van der Waals surface area contributed by atoms with Gasteiger partial charge in [-0.3, -0.25) is 4.99 Å². The van der Waals surface area contributed by atoms with E-state index in [1.165, 1.54) is 25.7 Å². The molecule has 2 bridgehead atoms. The summed E-state index contributed by atoms with van der Waals surface area (Å²) in [4.78, 5) is 6.69. The van der Waals surface area contributed by atoms with Crippen LogP contribution in [0.5, 0.6) is 0 Å². The first kappa shape index (κ1) is 22.5. The number of aliphatic imine (C=N–C) groups is 1. The molecule has 0 spiro atoms. The molecule has 0 amide bonds. The Balaban J connectivity index is 0.00000261. The van der Waals surface area contributed by atoms with Crippen LogP contribution in [-0.2, 0) is 6.42 Å². The van der Waals surface area contributed by atoms with E-state index >= 15 is 0 Å². The van der Waals surface area contributed by atoms with Crippen LogP contribution >= 0.6 is 24.0 Å². The van der Waals surface area contributed by atoms with Crippen LogP contribution in [0, 0.1) is 11.8 Å². The molecule has 6 nitrogen and oxygen atoms in total. The summed E-state index contributed by atoms with van der Waals surface area (Å²) in [5, 5.41) is 17.6. The van der Waals surface area contributed by atoms with E-state index in [1.807, 2.05) is 38.1 Å². The molecule has 7 heteroatoms. The van der Waals surface area contributed by atoms with Crippen molar-refractivity contribution in [2.75, 3.05) is 33.7 Å². The average Bonchev–Trinajstić information content (AvgIpc) is 3.29. The molecule has 1 aromatic heterocycles. The molecule has 3 rings (SSSR count). The van der Waals surface area contributed by atoms with E-state index in [0.29, 0.717) is 19.1 Å². The maximum Gasteiger partial charge on any atom is 0.191 e. The third-order valence-electron chi connectivity index (χ3n) is 5.54.